The minimum Gasteiger partial charge on any atom is -0.294 e. The molecule has 0 unspecified atom stereocenters. The van der Waals surface area contributed by atoms with Crippen molar-refractivity contribution in [2.24, 2.45) is 0 Å². The number of halogens is 2. The number of carbonyl (C=O) groups excluding carboxylic acids is 2. The zero-order valence-electron chi connectivity index (χ0n) is 10.3. The first kappa shape index (κ1) is 14.9. The van der Waals surface area contributed by atoms with Gasteiger partial charge in [-0.05, 0) is 29.8 Å². The molecule has 1 aromatic carbocycles. The molecule has 0 bridgehead atoms. The van der Waals surface area contributed by atoms with Crippen molar-refractivity contribution in [1.29, 1.82) is 0 Å². The Kier molecular flexibility index (Phi) is 5.57. The fourth-order valence-corrected chi connectivity index (χ4v) is 2.07. The number of Topliss-reactive ketones (excluding diaryl/α,β-unsaturated/α-hetero) is 2. The summed E-state index contributed by atoms with van der Waals surface area (Å²) in [5.41, 5.74) is 0.865. The molecule has 18 heavy (non-hydrogen) atoms. The molecule has 0 spiro atoms. The van der Waals surface area contributed by atoms with Gasteiger partial charge in [-0.1, -0.05) is 37.0 Å². The van der Waals surface area contributed by atoms with E-state index in [0.717, 1.165) is 0 Å². The molecule has 1 aromatic rings. The monoisotopic (exact) mass is 284 g/mol. The van der Waals surface area contributed by atoms with Crippen LogP contribution < -0.4 is 0 Å². The third kappa shape index (κ3) is 3.97. The summed E-state index contributed by atoms with van der Waals surface area (Å²) >= 11 is 11.8. The molecule has 0 heterocycles. The molecule has 0 aromatic heterocycles. The average Bonchev–Trinajstić information content (AvgIpc) is 2.33. The maximum atomic E-state index is 11.7. The lowest BCUT2D eigenvalue weighted by molar-refractivity contribution is -0.121. The second-order valence-electron chi connectivity index (χ2n) is 3.81. The van der Waals surface area contributed by atoms with Crippen molar-refractivity contribution in [3.63, 3.8) is 0 Å². The quantitative estimate of drug-likeness (QED) is 0.458. The van der Waals surface area contributed by atoms with Gasteiger partial charge >= 0.3 is 0 Å². The summed E-state index contributed by atoms with van der Waals surface area (Å²) in [5.74, 6) is -0.337. The van der Waals surface area contributed by atoms with E-state index >= 15 is 0 Å². The number of benzene rings is 1. The van der Waals surface area contributed by atoms with Crippen LogP contribution in [-0.4, -0.2) is 11.6 Å². The van der Waals surface area contributed by atoms with Gasteiger partial charge in [-0.25, -0.2) is 0 Å². The molecule has 0 saturated heterocycles. The second-order valence-corrected chi connectivity index (χ2v) is 4.69. The van der Waals surface area contributed by atoms with E-state index in [1.165, 1.54) is 0 Å². The fourth-order valence-electron chi connectivity index (χ4n) is 1.52. The zero-order chi connectivity index (χ0) is 13.7. The van der Waals surface area contributed by atoms with Crippen LogP contribution in [0.25, 0.3) is 6.08 Å². The zero-order valence-corrected chi connectivity index (χ0v) is 11.8. The van der Waals surface area contributed by atoms with Crippen LogP contribution in [0, 0.1) is 0 Å². The fraction of sp³-hybridized carbons (Fsp3) is 0.286. The highest BCUT2D eigenvalue weighted by atomic mass is 35.5. The normalized spacial score (nSPS) is 10.0. The number of ketones is 2. The Morgan fingerprint density at radius 1 is 1.00 bits per heavy atom. The highest BCUT2D eigenvalue weighted by Crippen LogP contribution is 2.21. The van der Waals surface area contributed by atoms with Gasteiger partial charge in [0.15, 0.2) is 11.6 Å². The summed E-state index contributed by atoms with van der Waals surface area (Å²) in [6.45, 7) is 3.45. The Morgan fingerprint density at radius 2 is 1.44 bits per heavy atom. The molecule has 0 aliphatic carbocycles. The molecular formula is C14H14Cl2O2. The molecule has 0 aliphatic rings. The Hall–Kier alpha value is -1.12. The summed E-state index contributed by atoms with van der Waals surface area (Å²) in [6, 6.07) is 4.93. The third-order valence-corrected chi connectivity index (χ3v) is 2.88. The van der Waals surface area contributed by atoms with Gasteiger partial charge in [0.25, 0.3) is 0 Å². The lowest BCUT2D eigenvalue weighted by Crippen LogP contribution is -2.10. The maximum absolute atomic E-state index is 11.7. The van der Waals surface area contributed by atoms with Crippen LogP contribution in [0.4, 0.5) is 0 Å². The lowest BCUT2D eigenvalue weighted by atomic mass is 10.00. The van der Waals surface area contributed by atoms with Crippen molar-refractivity contribution in [2.45, 2.75) is 26.7 Å². The van der Waals surface area contributed by atoms with E-state index in [4.69, 9.17) is 23.2 Å². The van der Waals surface area contributed by atoms with Gasteiger partial charge in [0.2, 0.25) is 0 Å². The van der Waals surface area contributed by atoms with Crippen LogP contribution in [0.1, 0.15) is 32.3 Å². The van der Waals surface area contributed by atoms with E-state index in [0.29, 0.717) is 28.5 Å². The number of carbonyl (C=O) groups is 2. The first-order valence-electron chi connectivity index (χ1n) is 5.72. The van der Waals surface area contributed by atoms with E-state index in [-0.39, 0.29) is 17.1 Å². The smallest absolute Gasteiger partial charge is 0.166 e. The molecule has 0 radical (unpaired) electrons. The van der Waals surface area contributed by atoms with Gasteiger partial charge in [0.05, 0.1) is 5.57 Å². The molecule has 96 valence electrons. The molecule has 0 aliphatic heterocycles. The molecular weight excluding hydrogens is 271 g/mol. The number of rotatable bonds is 5. The van der Waals surface area contributed by atoms with E-state index < -0.39 is 0 Å². The lowest BCUT2D eigenvalue weighted by Gasteiger charge is -2.04. The summed E-state index contributed by atoms with van der Waals surface area (Å²) in [6.07, 6.45) is 2.15. The predicted octanol–water partition coefficient (Wildman–Crippen LogP) is 4.34. The van der Waals surface area contributed by atoms with Crippen molar-refractivity contribution >= 4 is 40.8 Å². The van der Waals surface area contributed by atoms with Gasteiger partial charge in [0.1, 0.15) is 0 Å². The Morgan fingerprint density at radius 3 is 1.83 bits per heavy atom. The summed E-state index contributed by atoms with van der Waals surface area (Å²) in [5, 5.41) is 0.946. The SMILES string of the molecule is CCC(=O)C(=Cc1cc(Cl)cc(Cl)c1)C(=O)CC. The van der Waals surface area contributed by atoms with Gasteiger partial charge in [0, 0.05) is 22.9 Å². The minimum absolute atomic E-state index is 0.169. The third-order valence-electron chi connectivity index (χ3n) is 2.44. The molecule has 0 amide bonds. The van der Waals surface area contributed by atoms with E-state index in [2.05, 4.69) is 0 Å². The minimum atomic E-state index is -0.169. The largest absolute Gasteiger partial charge is 0.294 e. The Balaban J connectivity index is 3.22. The second kappa shape index (κ2) is 6.72. The first-order chi connectivity index (χ1) is 8.47. The highest BCUT2D eigenvalue weighted by Gasteiger charge is 2.14. The van der Waals surface area contributed by atoms with Crippen LogP contribution in [0.15, 0.2) is 23.8 Å². The Bertz CT molecular complexity index is 466. The van der Waals surface area contributed by atoms with E-state index in [9.17, 15) is 9.59 Å². The molecule has 0 saturated carbocycles. The van der Waals surface area contributed by atoms with E-state index in [1.807, 2.05) is 0 Å². The standard InChI is InChI=1S/C14H14Cl2O2/c1-3-13(17)12(14(18)4-2)7-9-5-10(15)8-11(16)6-9/h5-8H,3-4H2,1-2H3. The molecule has 1 rings (SSSR count). The molecule has 0 N–H and O–H groups in total. The van der Waals surface area contributed by atoms with Gasteiger partial charge in [-0.15, -0.1) is 0 Å². The van der Waals surface area contributed by atoms with Crippen molar-refractivity contribution in [2.75, 3.05) is 0 Å². The van der Waals surface area contributed by atoms with Crippen LogP contribution in [-0.2, 0) is 9.59 Å². The van der Waals surface area contributed by atoms with Crippen molar-refractivity contribution < 1.29 is 9.59 Å². The molecule has 0 fully saturated rings. The maximum Gasteiger partial charge on any atom is 0.166 e. The Labute approximate surface area is 117 Å². The van der Waals surface area contributed by atoms with Crippen molar-refractivity contribution in [3.8, 4) is 0 Å². The molecule has 4 heteroatoms. The summed E-state index contributed by atoms with van der Waals surface area (Å²) < 4.78 is 0. The van der Waals surface area contributed by atoms with Crippen LogP contribution in [0.3, 0.4) is 0 Å². The molecule has 0 atom stereocenters. The predicted molar refractivity (Wildman–Crippen MR) is 75.0 cm³/mol. The average molecular weight is 285 g/mol. The van der Waals surface area contributed by atoms with Gasteiger partial charge in [-0.2, -0.15) is 0 Å². The van der Waals surface area contributed by atoms with Crippen LogP contribution in [0.5, 0.6) is 0 Å². The number of hydrogen-bond acceptors (Lipinski definition) is 2. The number of allylic oxidation sites excluding steroid dienone is 1. The first-order valence-corrected chi connectivity index (χ1v) is 6.47. The number of hydrogen-bond donors (Lipinski definition) is 0. The van der Waals surface area contributed by atoms with Crippen molar-refractivity contribution in [3.05, 3.63) is 39.4 Å². The van der Waals surface area contributed by atoms with Crippen LogP contribution >= 0.6 is 23.2 Å². The highest BCUT2D eigenvalue weighted by molar-refractivity contribution is 6.35. The summed E-state index contributed by atoms with van der Waals surface area (Å²) in [4.78, 5) is 23.5. The molecule has 2 nitrogen and oxygen atoms in total. The van der Waals surface area contributed by atoms with Gasteiger partial charge in [-0.3, -0.25) is 9.59 Å². The summed E-state index contributed by atoms with van der Waals surface area (Å²) in [7, 11) is 0. The topological polar surface area (TPSA) is 34.1 Å². The van der Waals surface area contributed by atoms with Crippen LogP contribution in [0.2, 0.25) is 10.0 Å². The van der Waals surface area contributed by atoms with Gasteiger partial charge < -0.3 is 0 Å². The van der Waals surface area contributed by atoms with Crippen molar-refractivity contribution in [1.82, 2.24) is 0 Å². The van der Waals surface area contributed by atoms with E-state index in [1.54, 1.807) is 38.1 Å².